The maximum Gasteiger partial charge on any atom is 0.335 e. The monoisotopic (exact) mass is 567 g/mol. The van der Waals surface area contributed by atoms with Gasteiger partial charge in [-0.2, -0.15) is 0 Å². The van der Waals surface area contributed by atoms with E-state index >= 15 is 0 Å². The number of aromatic nitrogens is 2. The molecule has 1 aliphatic rings. The number of nitrogens with one attached hydrogen (secondary N) is 1. The lowest BCUT2D eigenvalue weighted by molar-refractivity contribution is -0.121. The molecule has 208 valence electrons. The van der Waals surface area contributed by atoms with Crippen molar-refractivity contribution in [2.45, 2.75) is 44.2 Å². The largest absolute Gasteiger partial charge is 0.478 e. The molecule has 0 unspecified atom stereocenters. The lowest BCUT2D eigenvalue weighted by atomic mass is 9.83. The summed E-state index contributed by atoms with van der Waals surface area (Å²) in [6, 6.07) is 14.6. The Morgan fingerprint density at radius 1 is 1.05 bits per heavy atom. The zero-order chi connectivity index (χ0) is 28.4. The molecule has 5 rings (SSSR count). The molecule has 2 N–H and O–H groups in total. The van der Waals surface area contributed by atoms with E-state index in [1.54, 1.807) is 4.57 Å². The van der Waals surface area contributed by atoms with Gasteiger partial charge in [-0.3, -0.25) is 4.79 Å². The summed E-state index contributed by atoms with van der Waals surface area (Å²) in [4.78, 5) is 30.2. The Labute approximate surface area is 234 Å². The molecule has 0 aliphatic heterocycles. The Hall–Kier alpha value is -3.82. The predicted octanol–water partition coefficient (Wildman–Crippen LogP) is 7.16. The number of carboxylic acids is 1. The standard InChI is InChI=1S/C30H28ClF2N3O4/c1-40-27(18-10-6-3-7-11-18)28-34-24-15-21(32)22(33)16-25(24)36(28)26(17-8-4-2-5-9-17)29(37)35-23-13-12-19(30(38)39)14-20(23)31/h3,6-7,10-17,26-27H,2,4-5,8-9H2,1H3,(H,35,37)(H,38,39)/t26-,27-/m0/s1. The number of rotatable bonds is 8. The van der Waals surface area contributed by atoms with E-state index in [0.717, 1.165) is 49.8 Å². The normalized spacial score (nSPS) is 15.6. The van der Waals surface area contributed by atoms with Crippen molar-refractivity contribution in [3.05, 3.63) is 94.3 Å². The molecule has 0 bridgehead atoms. The van der Waals surface area contributed by atoms with Crippen LogP contribution in [0, 0.1) is 17.6 Å². The lowest BCUT2D eigenvalue weighted by Crippen LogP contribution is -2.35. The second-order valence-electron chi connectivity index (χ2n) is 9.95. The van der Waals surface area contributed by atoms with Crippen LogP contribution in [-0.4, -0.2) is 33.6 Å². The molecule has 0 radical (unpaired) electrons. The molecule has 1 heterocycles. The van der Waals surface area contributed by atoms with Gasteiger partial charge in [-0.1, -0.05) is 61.2 Å². The Morgan fingerprint density at radius 3 is 2.40 bits per heavy atom. The molecule has 4 aromatic rings. The molecular formula is C30H28ClF2N3O4. The summed E-state index contributed by atoms with van der Waals surface area (Å²) in [6.45, 7) is 0. The zero-order valence-electron chi connectivity index (χ0n) is 21.7. The minimum atomic E-state index is -1.14. The Balaban J connectivity index is 1.68. The highest BCUT2D eigenvalue weighted by Crippen LogP contribution is 2.40. The van der Waals surface area contributed by atoms with Gasteiger partial charge in [0.05, 0.1) is 27.3 Å². The first kappa shape index (κ1) is 27.7. The quantitative estimate of drug-likeness (QED) is 0.235. The first-order chi connectivity index (χ1) is 19.3. The van der Waals surface area contributed by atoms with Gasteiger partial charge >= 0.3 is 5.97 Å². The highest BCUT2D eigenvalue weighted by atomic mass is 35.5. The van der Waals surface area contributed by atoms with E-state index < -0.39 is 35.7 Å². The topological polar surface area (TPSA) is 93.5 Å². The fourth-order valence-corrected chi connectivity index (χ4v) is 5.78. The first-order valence-electron chi connectivity index (χ1n) is 13.1. The third kappa shape index (κ3) is 5.44. The van der Waals surface area contributed by atoms with Crippen LogP contribution in [0.2, 0.25) is 5.02 Å². The maximum atomic E-state index is 14.6. The summed E-state index contributed by atoms with van der Waals surface area (Å²) < 4.78 is 36.5. The molecule has 3 aromatic carbocycles. The van der Waals surface area contributed by atoms with Crippen molar-refractivity contribution >= 4 is 40.2 Å². The Bertz CT molecular complexity index is 1550. The number of methoxy groups -OCH3 is 1. The van der Waals surface area contributed by atoms with E-state index in [0.29, 0.717) is 5.82 Å². The summed E-state index contributed by atoms with van der Waals surface area (Å²) in [5.74, 6) is -3.46. The van der Waals surface area contributed by atoms with Gasteiger partial charge in [0, 0.05) is 19.2 Å². The van der Waals surface area contributed by atoms with Crippen LogP contribution in [0.25, 0.3) is 11.0 Å². The van der Waals surface area contributed by atoms with Crippen LogP contribution in [-0.2, 0) is 9.53 Å². The summed E-state index contributed by atoms with van der Waals surface area (Å²) >= 11 is 6.34. The molecule has 0 spiro atoms. The molecule has 7 nitrogen and oxygen atoms in total. The third-order valence-corrected chi connectivity index (χ3v) is 7.76. The van der Waals surface area contributed by atoms with Gasteiger partial charge < -0.3 is 19.7 Å². The van der Waals surface area contributed by atoms with Gasteiger partial charge in [-0.25, -0.2) is 18.6 Å². The summed E-state index contributed by atoms with van der Waals surface area (Å²) in [7, 11) is 1.52. The van der Waals surface area contributed by atoms with Crippen LogP contribution in [0.5, 0.6) is 0 Å². The van der Waals surface area contributed by atoms with Crippen molar-refractivity contribution in [2.75, 3.05) is 12.4 Å². The second kappa shape index (κ2) is 11.7. The number of carbonyl (C=O) groups excluding carboxylic acids is 1. The maximum absolute atomic E-state index is 14.6. The minimum Gasteiger partial charge on any atom is -0.478 e. The smallest absolute Gasteiger partial charge is 0.335 e. The van der Waals surface area contributed by atoms with E-state index in [2.05, 4.69) is 10.3 Å². The number of anilines is 1. The summed E-state index contributed by atoms with van der Waals surface area (Å²) in [5, 5.41) is 12.2. The number of fused-ring (bicyclic) bond motifs is 1. The van der Waals surface area contributed by atoms with E-state index in [4.69, 9.17) is 16.3 Å². The molecule has 10 heteroatoms. The van der Waals surface area contributed by atoms with Crippen LogP contribution < -0.4 is 5.32 Å². The Morgan fingerprint density at radius 2 is 1.75 bits per heavy atom. The molecule has 2 atom stereocenters. The average molecular weight is 568 g/mol. The molecule has 1 aromatic heterocycles. The number of halogens is 3. The first-order valence-corrected chi connectivity index (χ1v) is 13.4. The van der Waals surface area contributed by atoms with Gasteiger partial charge in [-0.15, -0.1) is 0 Å². The lowest BCUT2D eigenvalue weighted by Gasteiger charge is -2.33. The van der Waals surface area contributed by atoms with E-state index in [-0.39, 0.29) is 33.2 Å². The molecule has 0 saturated heterocycles. The number of carboxylic acid groups (broad SMARTS) is 1. The van der Waals surface area contributed by atoms with Gasteiger partial charge in [0.15, 0.2) is 11.6 Å². The minimum absolute atomic E-state index is 0.0157. The summed E-state index contributed by atoms with van der Waals surface area (Å²) in [6.07, 6.45) is 3.64. The van der Waals surface area contributed by atoms with Crippen LogP contribution in [0.4, 0.5) is 14.5 Å². The number of amides is 1. The van der Waals surface area contributed by atoms with Crippen molar-refractivity contribution in [3.63, 3.8) is 0 Å². The number of hydrogen-bond donors (Lipinski definition) is 2. The number of aromatic carboxylic acids is 1. The van der Waals surface area contributed by atoms with Crippen LogP contribution in [0.15, 0.2) is 60.7 Å². The van der Waals surface area contributed by atoms with E-state index in [1.165, 1.54) is 25.3 Å². The second-order valence-corrected chi connectivity index (χ2v) is 10.4. The predicted molar refractivity (Wildman–Crippen MR) is 148 cm³/mol. The van der Waals surface area contributed by atoms with Gasteiger partial charge in [0.25, 0.3) is 0 Å². The van der Waals surface area contributed by atoms with Crippen LogP contribution >= 0.6 is 11.6 Å². The van der Waals surface area contributed by atoms with Crippen molar-refractivity contribution in [2.24, 2.45) is 5.92 Å². The van der Waals surface area contributed by atoms with Crippen LogP contribution in [0.3, 0.4) is 0 Å². The fraction of sp³-hybridized carbons (Fsp3) is 0.300. The number of ether oxygens (including phenoxy) is 1. The van der Waals surface area contributed by atoms with Gasteiger partial charge in [0.2, 0.25) is 5.91 Å². The fourth-order valence-electron chi connectivity index (χ4n) is 5.55. The van der Waals surface area contributed by atoms with E-state index in [1.807, 2.05) is 30.3 Å². The molecule has 40 heavy (non-hydrogen) atoms. The molecule has 1 aliphatic carbocycles. The van der Waals surface area contributed by atoms with Crippen molar-refractivity contribution in [3.8, 4) is 0 Å². The zero-order valence-corrected chi connectivity index (χ0v) is 22.5. The number of benzene rings is 3. The SMILES string of the molecule is CO[C@@H](c1ccccc1)c1nc2cc(F)c(F)cc2n1[C@H](C(=O)Nc1ccc(C(=O)O)cc1Cl)C1CCCCC1. The highest BCUT2D eigenvalue weighted by Gasteiger charge is 2.36. The molecule has 1 amide bonds. The highest BCUT2D eigenvalue weighted by molar-refractivity contribution is 6.34. The number of hydrogen-bond acceptors (Lipinski definition) is 4. The molecule has 1 saturated carbocycles. The molecular weight excluding hydrogens is 540 g/mol. The van der Waals surface area contributed by atoms with Gasteiger partial charge in [-0.05, 0) is 42.5 Å². The molecule has 1 fully saturated rings. The van der Waals surface area contributed by atoms with Crippen molar-refractivity contribution in [1.82, 2.24) is 9.55 Å². The van der Waals surface area contributed by atoms with E-state index in [9.17, 15) is 23.5 Å². The van der Waals surface area contributed by atoms with Gasteiger partial charge in [0.1, 0.15) is 18.0 Å². The van der Waals surface area contributed by atoms with Crippen molar-refractivity contribution < 1.29 is 28.2 Å². The number of carbonyl (C=O) groups is 2. The average Bonchev–Trinajstić information content (AvgIpc) is 3.28. The van der Waals surface area contributed by atoms with Crippen LogP contribution in [0.1, 0.15) is 66.0 Å². The number of imidazole rings is 1. The summed E-state index contributed by atoms with van der Waals surface area (Å²) in [5.41, 5.74) is 1.46. The number of nitrogens with zero attached hydrogens (tertiary/aromatic N) is 2. The third-order valence-electron chi connectivity index (χ3n) is 7.45. The Kier molecular flexibility index (Phi) is 8.14. The van der Waals surface area contributed by atoms with Crippen molar-refractivity contribution in [1.29, 1.82) is 0 Å².